The van der Waals surface area contributed by atoms with Gasteiger partial charge in [-0.2, -0.15) is 0 Å². The summed E-state index contributed by atoms with van der Waals surface area (Å²) in [5.74, 6) is 0.300. The van der Waals surface area contributed by atoms with E-state index >= 15 is 0 Å². The molecule has 0 aromatic carbocycles. The van der Waals surface area contributed by atoms with Crippen LogP contribution in [0, 0.1) is 11.8 Å². The van der Waals surface area contributed by atoms with Gasteiger partial charge in [-0.3, -0.25) is 4.79 Å². The van der Waals surface area contributed by atoms with Gasteiger partial charge >= 0.3 is 0 Å². The van der Waals surface area contributed by atoms with Crippen LogP contribution in [0.15, 0.2) is 0 Å². The minimum atomic E-state index is -0.422. The lowest BCUT2D eigenvalue weighted by Crippen LogP contribution is -2.35. The number of rotatable bonds is 4. The van der Waals surface area contributed by atoms with Crippen molar-refractivity contribution in [3.63, 3.8) is 0 Å². The zero-order chi connectivity index (χ0) is 13.7. The molecule has 19 heavy (non-hydrogen) atoms. The topological polar surface area (TPSA) is 64.0 Å². The van der Waals surface area contributed by atoms with Crippen molar-refractivity contribution in [2.75, 3.05) is 45.9 Å². The minimum Gasteiger partial charge on any atom is -0.396 e. The number of hydrogen-bond acceptors (Lipinski definition) is 4. The molecule has 0 spiro atoms. The fourth-order valence-corrected chi connectivity index (χ4v) is 3.31. The Kier molecular flexibility index (Phi) is 5.60. The van der Waals surface area contributed by atoms with Crippen molar-refractivity contribution >= 4 is 5.91 Å². The van der Waals surface area contributed by atoms with Crippen molar-refractivity contribution < 1.29 is 15.0 Å². The van der Waals surface area contributed by atoms with Gasteiger partial charge in [0, 0.05) is 32.2 Å². The number of carbonyl (C=O) groups excluding carboxylic acids is 1. The van der Waals surface area contributed by atoms with Crippen molar-refractivity contribution in [2.45, 2.75) is 25.7 Å². The summed E-state index contributed by atoms with van der Waals surface area (Å²) < 4.78 is 0. The van der Waals surface area contributed by atoms with Crippen LogP contribution in [0.3, 0.4) is 0 Å². The monoisotopic (exact) mass is 270 g/mol. The third-order valence-electron chi connectivity index (χ3n) is 4.49. The first-order valence-corrected chi connectivity index (χ1v) is 7.46. The minimum absolute atomic E-state index is 0.133. The van der Waals surface area contributed by atoms with Gasteiger partial charge in [-0.15, -0.1) is 0 Å². The molecule has 2 heterocycles. The van der Waals surface area contributed by atoms with Gasteiger partial charge < -0.3 is 20.0 Å². The molecule has 2 aliphatic rings. The van der Waals surface area contributed by atoms with Crippen molar-refractivity contribution in [2.24, 2.45) is 11.8 Å². The highest BCUT2D eigenvalue weighted by molar-refractivity contribution is 5.77. The van der Waals surface area contributed by atoms with Crippen LogP contribution in [0.1, 0.15) is 25.7 Å². The van der Waals surface area contributed by atoms with Crippen LogP contribution < -0.4 is 0 Å². The van der Waals surface area contributed by atoms with Crippen molar-refractivity contribution in [3.8, 4) is 0 Å². The number of aliphatic hydroxyl groups is 2. The second-order valence-corrected chi connectivity index (χ2v) is 5.87. The van der Waals surface area contributed by atoms with E-state index in [9.17, 15) is 9.90 Å². The highest BCUT2D eigenvalue weighted by atomic mass is 16.3. The zero-order valence-electron chi connectivity index (χ0n) is 11.6. The van der Waals surface area contributed by atoms with Crippen LogP contribution in [-0.2, 0) is 4.79 Å². The Morgan fingerprint density at radius 1 is 1.00 bits per heavy atom. The number of hydrogen-bond donors (Lipinski definition) is 2. The molecule has 1 amide bonds. The van der Waals surface area contributed by atoms with Gasteiger partial charge in [0.25, 0.3) is 0 Å². The van der Waals surface area contributed by atoms with Crippen molar-refractivity contribution in [1.82, 2.24) is 9.80 Å². The average Bonchev–Trinajstić information content (AvgIpc) is 2.65. The molecule has 2 rings (SSSR count). The molecule has 2 aliphatic heterocycles. The Balaban J connectivity index is 1.88. The van der Waals surface area contributed by atoms with Crippen molar-refractivity contribution in [3.05, 3.63) is 0 Å². The summed E-state index contributed by atoms with van der Waals surface area (Å²) in [5, 5.41) is 18.4. The van der Waals surface area contributed by atoms with Gasteiger partial charge in [0.15, 0.2) is 0 Å². The third-order valence-corrected chi connectivity index (χ3v) is 4.49. The Morgan fingerprint density at radius 3 is 2.21 bits per heavy atom. The maximum atomic E-state index is 11.5. The van der Waals surface area contributed by atoms with E-state index in [4.69, 9.17) is 5.11 Å². The van der Waals surface area contributed by atoms with Crippen LogP contribution in [0.2, 0.25) is 0 Å². The van der Waals surface area contributed by atoms with Gasteiger partial charge in [-0.25, -0.2) is 0 Å². The molecule has 0 aromatic heterocycles. The normalized spacial score (nSPS) is 29.5. The summed E-state index contributed by atoms with van der Waals surface area (Å²) in [7, 11) is 0. The lowest BCUT2D eigenvalue weighted by Gasteiger charge is -2.26. The molecule has 0 unspecified atom stereocenters. The van der Waals surface area contributed by atoms with Crippen LogP contribution >= 0.6 is 0 Å². The number of aliphatic hydroxyl groups excluding tert-OH is 2. The number of carbonyl (C=O) groups is 1. The molecule has 2 atom stereocenters. The van der Waals surface area contributed by atoms with E-state index in [1.165, 1.54) is 25.7 Å². The summed E-state index contributed by atoms with van der Waals surface area (Å²) in [4.78, 5) is 15.7. The number of nitrogens with zero attached hydrogens (tertiary/aromatic N) is 2. The molecule has 0 aliphatic carbocycles. The quantitative estimate of drug-likeness (QED) is 0.750. The van der Waals surface area contributed by atoms with Crippen LogP contribution in [-0.4, -0.2) is 71.9 Å². The molecule has 0 saturated carbocycles. The lowest BCUT2D eigenvalue weighted by molar-refractivity contribution is -0.133. The van der Waals surface area contributed by atoms with Crippen LogP contribution in [0.25, 0.3) is 0 Å². The Hall–Kier alpha value is -0.650. The third kappa shape index (κ3) is 3.91. The molecule has 0 radical (unpaired) electrons. The molecule has 2 saturated heterocycles. The molecule has 2 fully saturated rings. The molecule has 2 N–H and O–H groups in total. The predicted molar refractivity (Wildman–Crippen MR) is 72.6 cm³/mol. The van der Waals surface area contributed by atoms with Crippen molar-refractivity contribution in [1.29, 1.82) is 0 Å². The Bertz CT molecular complexity index is 290. The highest BCUT2D eigenvalue weighted by Gasteiger charge is 2.35. The van der Waals surface area contributed by atoms with Crippen LogP contribution in [0.5, 0.6) is 0 Å². The maximum absolute atomic E-state index is 11.5. The van der Waals surface area contributed by atoms with Gasteiger partial charge in [0.2, 0.25) is 5.91 Å². The first-order chi connectivity index (χ1) is 9.24. The molecule has 110 valence electrons. The molecule has 5 nitrogen and oxygen atoms in total. The average molecular weight is 270 g/mol. The molecule has 5 heteroatoms. The van der Waals surface area contributed by atoms with E-state index in [2.05, 4.69) is 4.90 Å². The fourth-order valence-electron chi connectivity index (χ4n) is 3.31. The summed E-state index contributed by atoms with van der Waals surface area (Å²) in [6.07, 6.45) is 5.16. The Labute approximate surface area is 115 Å². The molecule has 0 aromatic rings. The summed E-state index contributed by atoms with van der Waals surface area (Å²) in [6.45, 7) is 4.24. The van der Waals surface area contributed by atoms with Gasteiger partial charge in [0.1, 0.15) is 6.61 Å². The van der Waals surface area contributed by atoms with Gasteiger partial charge in [-0.1, -0.05) is 12.8 Å². The first-order valence-electron chi connectivity index (χ1n) is 7.46. The van der Waals surface area contributed by atoms with E-state index in [1.54, 1.807) is 4.90 Å². The van der Waals surface area contributed by atoms with E-state index in [1.807, 2.05) is 0 Å². The Morgan fingerprint density at radius 2 is 1.63 bits per heavy atom. The SMILES string of the molecule is O=C(CO)N1C[C@@H](CO)[C@@H](CN2CCCCCC2)C1. The van der Waals surface area contributed by atoms with Crippen LogP contribution in [0.4, 0.5) is 0 Å². The number of amides is 1. The van der Waals surface area contributed by atoms with Gasteiger partial charge in [-0.05, 0) is 31.8 Å². The van der Waals surface area contributed by atoms with E-state index in [-0.39, 0.29) is 18.4 Å². The fraction of sp³-hybridized carbons (Fsp3) is 0.929. The van der Waals surface area contributed by atoms with E-state index in [0.29, 0.717) is 19.0 Å². The lowest BCUT2D eigenvalue weighted by atomic mass is 9.96. The van der Waals surface area contributed by atoms with Gasteiger partial charge in [0.05, 0.1) is 0 Å². The number of likely N-dealkylation sites (tertiary alicyclic amines) is 2. The second-order valence-electron chi connectivity index (χ2n) is 5.87. The largest absolute Gasteiger partial charge is 0.396 e. The predicted octanol–water partition coefficient (Wildman–Crippen LogP) is -0.0784. The van der Waals surface area contributed by atoms with E-state index in [0.717, 1.165) is 19.6 Å². The molecular weight excluding hydrogens is 244 g/mol. The van der Waals surface area contributed by atoms with E-state index < -0.39 is 6.61 Å². The summed E-state index contributed by atoms with van der Waals surface area (Å²) >= 11 is 0. The highest BCUT2D eigenvalue weighted by Crippen LogP contribution is 2.25. The first kappa shape index (κ1) is 14.8. The smallest absolute Gasteiger partial charge is 0.248 e. The summed E-state index contributed by atoms with van der Waals surface area (Å²) in [5.41, 5.74) is 0. The maximum Gasteiger partial charge on any atom is 0.248 e. The molecular formula is C14H26N2O3. The second kappa shape index (κ2) is 7.22. The standard InChI is InChI=1S/C14H26N2O3/c17-10-13-9-16(14(19)11-18)8-12(13)7-15-5-3-1-2-4-6-15/h12-13,17-18H,1-11H2/t12-,13-/m0/s1. The summed E-state index contributed by atoms with van der Waals surface area (Å²) in [6, 6.07) is 0. The molecule has 0 bridgehead atoms. The zero-order valence-corrected chi connectivity index (χ0v) is 11.6.